The van der Waals surface area contributed by atoms with Crippen molar-refractivity contribution in [1.82, 2.24) is 9.69 Å². The monoisotopic (exact) mass is 375 g/mol. The van der Waals surface area contributed by atoms with E-state index < -0.39 is 17.9 Å². The van der Waals surface area contributed by atoms with Gasteiger partial charge in [0.15, 0.2) is 0 Å². The molecule has 25 heavy (non-hydrogen) atoms. The summed E-state index contributed by atoms with van der Waals surface area (Å²) in [6.45, 7) is 1.79. The summed E-state index contributed by atoms with van der Waals surface area (Å²) >= 11 is 2.41. The molecule has 0 spiro atoms. The Bertz CT molecular complexity index is 948. The second-order valence-corrected chi connectivity index (χ2v) is 6.54. The molecule has 2 heterocycles. The number of carbonyl (C=O) groups is 3. The lowest BCUT2D eigenvalue weighted by atomic mass is 10.2. The number of anilines is 1. The van der Waals surface area contributed by atoms with Crippen LogP contribution in [-0.4, -0.2) is 28.9 Å². The number of aromatic nitrogens is 1. The highest BCUT2D eigenvalue weighted by Gasteiger charge is 2.20. The van der Waals surface area contributed by atoms with Crippen LogP contribution in [0.3, 0.4) is 0 Å². The summed E-state index contributed by atoms with van der Waals surface area (Å²) in [4.78, 5) is 36.0. The molecule has 0 aliphatic carbocycles. The van der Waals surface area contributed by atoms with E-state index in [0.717, 1.165) is 10.1 Å². The number of hydrogen-bond donors (Lipinski definition) is 2. The molecule has 0 bridgehead atoms. The van der Waals surface area contributed by atoms with Crippen molar-refractivity contribution in [1.29, 1.82) is 0 Å². The van der Waals surface area contributed by atoms with Gasteiger partial charge in [0.1, 0.15) is 10.7 Å². The Hall–Kier alpha value is -2.78. The number of amides is 3. The zero-order chi connectivity index (χ0) is 17.8. The van der Waals surface area contributed by atoms with Crippen LogP contribution in [0.1, 0.15) is 27.8 Å². The number of nitrogens with one attached hydrogen (secondary N) is 2. The predicted molar refractivity (Wildman–Crippen MR) is 96.4 cm³/mol. The summed E-state index contributed by atoms with van der Waals surface area (Å²) in [6, 6.07) is 8.92. The molecule has 1 aromatic carbocycles. The van der Waals surface area contributed by atoms with Gasteiger partial charge in [-0.3, -0.25) is 14.9 Å². The smallest absolute Gasteiger partial charge is 0.414 e. The minimum Gasteiger partial charge on any atom is -0.450 e. The first-order chi connectivity index (χ1) is 12.1. The van der Waals surface area contributed by atoms with E-state index in [9.17, 15) is 14.4 Å². The van der Waals surface area contributed by atoms with Crippen LogP contribution in [0.2, 0.25) is 0 Å². The van der Waals surface area contributed by atoms with E-state index in [-0.39, 0.29) is 12.2 Å². The Balaban J connectivity index is 1.78. The van der Waals surface area contributed by atoms with Crippen LogP contribution >= 0.6 is 22.9 Å². The topological polar surface area (TPSA) is 97.4 Å². The number of benzene rings is 1. The van der Waals surface area contributed by atoms with Gasteiger partial charge in [-0.15, -0.1) is 11.3 Å². The van der Waals surface area contributed by atoms with Crippen LogP contribution in [0, 0.1) is 0 Å². The molecule has 3 rings (SSSR count). The highest BCUT2D eigenvalue weighted by atomic mass is 32.1. The molecule has 9 heteroatoms. The number of hydrogen-bond acceptors (Lipinski definition) is 7. The molecule has 2 N–H and O–H groups in total. The molecule has 0 fully saturated rings. The lowest BCUT2D eigenvalue weighted by Crippen LogP contribution is -2.31. The zero-order valence-electron chi connectivity index (χ0n) is 13.1. The third kappa shape index (κ3) is 3.67. The van der Waals surface area contributed by atoms with Crippen molar-refractivity contribution in [3.8, 4) is 0 Å². The molecule has 128 valence electrons. The van der Waals surface area contributed by atoms with E-state index in [2.05, 4.69) is 19.7 Å². The summed E-state index contributed by atoms with van der Waals surface area (Å²) in [5.41, 5.74) is 0.483. The van der Waals surface area contributed by atoms with Gasteiger partial charge in [0.25, 0.3) is 11.8 Å². The van der Waals surface area contributed by atoms with E-state index in [1.807, 2.05) is 24.3 Å². The van der Waals surface area contributed by atoms with Crippen LogP contribution in [0.15, 0.2) is 35.7 Å². The lowest BCUT2D eigenvalue weighted by molar-refractivity contribution is 0.0926. The molecule has 0 unspecified atom stereocenters. The number of thiophene rings is 1. The van der Waals surface area contributed by atoms with E-state index in [1.165, 1.54) is 28.9 Å². The van der Waals surface area contributed by atoms with Gasteiger partial charge in [-0.05, 0) is 36.0 Å². The van der Waals surface area contributed by atoms with Crippen LogP contribution in [0.4, 0.5) is 9.80 Å². The standard InChI is InChI=1S/C16H13N3O4S2/c1-2-23-16(22)18-13(20)10-7-8-24-15(10)17-14(21)12-9-5-3-4-6-11(9)25-19-12/h3-8H,2H2,1H3,(H,17,21)(H,18,20,22). The summed E-state index contributed by atoms with van der Waals surface area (Å²) in [5.74, 6) is -1.05. The first-order valence-corrected chi connectivity index (χ1v) is 8.96. The number of nitrogens with zero attached hydrogens (tertiary/aromatic N) is 1. The Kier molecular flexibility index (Phi) is 5.05. The fourth-order valence-electron chi connectivity index (χ4n) is 2.12. The third-order valence-corrected chi connectivity index (χ3v) is 4.88. The van der Waals surface area contributed by atoms with Crippen molar-refractivity contribution >= 4 is 55.9 Å². The molecule has 3 amide bonds. The largest absolute Gasteiger partial charge is 0.450 e. The molecule has 0 aliphatic heterocycles. The van der Waals surface area contributed by atoms with Crippen LogP contribution in [0.5, 0.6) is 0 Å². The third-order valence-electron chi connectivity index (χ3n) is 3.22. The van der Waals surface area contributed by atoms with E-state index in [1.54, 1.807) is 12.3 Å². The zero-order valence-corrected chi connectivity index (χ0v) is 14.7. The quantitative estimate of drug-likeness (QED) is 0.727. The van der Waals surface area contributed by atoms with E-state index >= 15 is 0 Å². The van der Waals surface area contributed by atoms with Crippen molar-refractivity contribution < 1.29 is 19.1 Å². The lowest BCUT2D eigenvalue weighted by Gasteiger charge is -2.06. The molecule has 7 nitrogen and oxygen atoms in total. The highest BCUT2D eigenvalue weighted by molar-refractivity contribution is 7.15. The van der Waals surface area contributed by atoms with Crippen molar-refractivity contribution in [2.75, 3.05) is 11.9 Å². The first-order valence-electron chi connectivity index (χ1n) is 7.31. The van der Waals surface area contributed by atoms with Crippen LogP contribution < -0.4 is 10.6 Å². The Morgan fingerprint density at radius 1 is 1.16 bits per heavy atom. The average Bonchev–Trinajstić information content (AvgIpc) is 3.21. The maximum absolute atomic E-state index is 12.5. The second kappa shape index (κ2) is 7.41. The molecule has 2 aromatic heterocycles. The second-order valence-electron chi connectivity index (χ2n) is 4.82. The summed E-state index contributed by atoms with van der Waals surface area (Å²) in [6.07, 6.45) is -0.832. The fraction of sp³-hybridized carbons (Fsp3) is 0.125. The highest BCUT2D eigenvalue weighted by Crippen LogP contribution is 2.26. The molecule has 0 saturated heterocycles. The molecule has 0 aliphatic rings. The van der Waals surface area contributed by atoms with Gasteiger partial charge in [0.2, 0.25) is 0 Å². The fourth-order valence-corrected chi connectivity index (χ4v) is 3.68. The number of imide groups is 1. The molecule has 0 radical (unpaired) electrons. The maximum Gasteiger partial charge on any atom is 0.414 e. The maximum atomic E-state index is 12.5. The normalized spacial score (nSPS) is 10.4. The molecular weight excluding hydrogens is 362 g/mol. The molecular formula is C16H13N3O4S2. The van der Waals surface area contributed by atoms with Crippen LogP contribution in [-0.2, 0) is 4.74 Å². The van der Waals surface area contributed by atoms with Gasteiger partial charge in [-0.2, -0.15) is 4.37 Å². The van der Waals surface area contributed by atoms with Crippen molar-refractivity contribution in [2.45, 2.75) is 6.92 Å². The van der Waals surface area contributed by atoms with Gasteiger partial charge in [0, 0.05) is 5.39 Å². The van der Waals surface area contributed by atoms with Gasteiger partial charge < -0.3 is 10.1 Å². The Labute approximate surface area is 150 Å². The number of fused-ring (bicyclic) bond motifs is 1. The first kappa shape index (κ1) is 17.1. The summed E-state index contributed by atoms with van der Waals surface area (Å²) in [5, 5.41) is 7.52. The predicted octanol–water partition coefficient (Wildman–Crippen LogP) is 3.50. The van der Waals surface area contributed by atoms with E-state index in [4.69, 9.17) is 0 Å². The minimum absolute atomic E-state index is 0.156. The van der Waals surface area contributed by atoms with Gasteiger partial charge in [0.05, 0.1) is 16.9 Å². The summed E-state index contributed by atoms with van der Waals surface area (Å²) < 4.78 is 9.76. The number of carbonyl (C=O) groups excluding carboxylic acids is 3. The number of alkyl carbamates (subject to hydrolysis) is 1. The SMILES string of the molecule is CCOC(=O)NC(=O)c1ccsc1NC(=O)c1nsc2ccccc12. The average molecular weight is 375 g/mol. The minimum atomic E-state index is -0.832. The number of rotatable bonds is 4. The van der Waals surface area contributed by atoms with Crippen LogP contribution in [0.25, 0.3) is 10.1 Å². The van der Waals surface area contributed by atoms with Gasteiger partial charge in [-0.25, -0.2) is 4.79 Å². The Morgan fingerprint density at radius 3 is 2.76 bits per heavy atom. The van der Waals surface area contributed by atoms with Gasteiger partial charge in [-0.1, -0.05) is 18.2 Å². The molecule has 3 aromatic rings. The van der Waals surface area contributed by atoms with Crippen molar-refractivity contribution in [3.05, 3.63) is 47.0 Å². The van der Waals surface area contributed by atoms with Crippen molar-refractivity contribution in [3.63, 3.8) is 0 Å². The number of ether oxygens (including phenoxy) is 1. The van der Waals surface area contributed by atoms with E-state index in [0.29, 0.717) is 10.7 Å². The summed E-state index contributed by atoms with van der Waals surface area (Å²) in [7, 11) is 0. The molecule has 0 saturated carbocycles. The van der Waals surface area contributed by atoms with Crippen molar-refractivity contribution in [2.24, 2.45) is 0 Å². The Morgan fingerprint density at radius 2 is 1.96 bits per heavy atom. The molecule has 0 atom stereocenters. The van der Waals surface area contributed by atoms with Gasteiger partial charge >= 0.3 is 6.09 Å².